The van der Waals surface area contributed by atoms with E-state index in [2.05, 4.69) is 18.9 Å². The first-order chi connectivity index (χ1) is 10.8. The fourth-order valence-electron chi connectivity index (χ4n) is 2.85. The van der Waals surface area contributed by atoms with E-state index >= 15 is 0 Å². The summed E-state index contributed by atoms with van der Waals surface area (Å²) in [6.45, 7) is 7.87. The van der Waals surface area contributed by atoms with Crippen molar-refractivity contribution < 1.29 is 9.90 Å². The first kappa shape index (κ1) is 17.5. The first-order valence-corrected chi connectivity index (χ1v) is 8.26. The molecular weight excluding hydrogens is 312 g/mol. The minimum Gasteiger partial charge on any atom is -0.548 e. The number of benzene rings is 1. The van der Waals surface area contributed by atoms with Gasteiger partial charge in [-0.1, -0.05) is 44.5 Å². The van der Waals surface area contributed by atoms with Crippen LogP contribution in [0.2, 0.25) is 5.02 Å². The van der Waals surface area contributed by atoms with Gasteiger partial charge in [-0.3, -0.25) is 4.68 Å². The quantitative estimate of drug-likeness (QED) is 0.815. The number of carboxylic acids is 1. The van der Waals surface area contributed by atoms with Gasteiger partial charge < -0.3 is 9.90 Å². The molecule has 124 valence electrons. The zero-order chi connectivity index (χ0) is 17.1. The van der Waals surface area contributed by atoms with E-state index in [1.54, 1.807) is 4.68 Å². The summed E-state index contributed by atoms with van der Waals surface area (Å²) >= 11 is 6.07. The van der Waals surface area contributed by atoms with Crippen molar-refractivity contribution in [3.8, 4) is 0 Å². The minimum absolute atomic E-state index is 0.211. The molecular formula is C18H22ClN2O2-. The van der Waals surface area contributed by atoms with Crippen LogP contribution in [-0.2, 0) is 11.2 Å². The molecule has 2 rings (SSSR count). The van der Waals surface area contributed by atoms with Crippen LogP contribution in [-0.4, -0.2) is 15.7 Å². The molecule has 1 unspecified atom stereocenters. The lowest BCUT2D eigenvalue weighted by Gasteiger charge is -2.18. The van der Waals surface area contributed by atoms with E-state index < -0.39 is 12.0 Å². The van der Waals surface area contributed by atoms with Gasteiger partial charge in [0.05, 0.1) is 17.7 Å². The van der Waals surface area contributed by atoms with Gasteiger partial charge in [0.15, 0.2) is 0 Å². The summed E-state index contributed by atoms with van der Waals surface area (Å²) in [5.74, 6) is -0.883. The van der Waals surface area contributed by atoms with Gasteiger partial charge >= 0.3 is 0 Å². The Bertz CT molecular complexity index is 707. The van der Waals surface area contributed by atoms with Crippen LogP contribution >= 0.6 is 11.6 Å². The SMILES string of the molecule is CCC(C(=O)[O-])n1nc(C(C)C)c(Cc2cccc(Cl)c2)c1C. The second-order valence-electron chi connectivity index (χ2n) is 6.10. The van der Waals surface area contributed by atoms with E-state index in [0.717, 1.165) is 22.5 Å². The molecule has 0 saturated heterocycles. The molecule has 1 aromatic carbocycles. The number of hydrogen-bond acceptors (Lipinski definition) is 3. The second kappa shape index (κ2) is 7.18. The second-order valence-corrected chi connectivity index (χ2v) is 6.53. The van der Waals surface area contributed by atoms with Crippen molar-refractivity contribution in [2.24, 2.45) is 0 Å². The maximum absolute atomic E-state index is 11.4. The Labute approximate surface area is 142 Å². The number of carboxylic acid groups (broad SMARTS) is 1. The molecule has 23 heavy (non-hydrogen) atoms. The highest BCUT2D eigenvalue weighted by molar-refractivity contribution is 6.30. The number of aromatic nitrogens is 2. The van der Waals surface area contributed by atoms with Gasteiger partial charge in [0.1, 0.15) is 0 Å². The van der Waals surface area contributed by atoms with Crippen LogP contribution in [0.5, 0.6) is 0 Å². The molecule has 0 spiro atoms. The highest BCUT2D eigenvalue weighted by Gasteiger charge is 2.22. The molecule has 0 aliphatic rings. The lowest BCUT2D eigenvalue weighted by atomic mass is 9.98. The van der Waals surface area contributed by atoms with Crippen LogP contribution in [0, 0.1) is 6.92 Å². The summed E-state index contributed by atoms with van der Waals surface area (Å²) in [6.07, 6.45) is 1.13. The van der Waals surface area contributed by atoms with Crippen molar-refractivity contribution in [2.75, 3.05) is 0 Å². The van der Waals surface area contributed by atoms with Crippen LogP contribution in [0.1, 0.15) is 61.7 Å². The summed E-state index contributed by atoms with van der Waals surface area (Å²) in [5.41, 5.74) is 3.97. The Morgan fingerprint density at radius 1 is 1.39 bits per heavy atom. The molecule has 0 fully saturated rings. The Morgan fingerprint density at radius 3 is 2.61 bits per heavy atom. The highest BCUT2D eigenvalue weighted by atomic mass is 35.5. The summed E-state index contributed by atoms with van der Waals surface area (Å²) < 4.78 is 1.60. The Morgan fingerprint density at radius 2 is 2.09 bits per heavy atom. The highest BCUT2D eigenvalue weighted by Crippen LogP contribution is 2.27. The number of halogens is 1. The van der Waals surface area contributed by atoms with Gasteiger partial charge in [-0.25, -0.2) is 0 Å². The van der Waals surface area contributed by atoms with E-state index in [9.17, 15) is 9.90 Å². The third-order valence-electron chi connectivity index (χ3n) is 4.08. The number of rotatable bonds is 6. The largest absolute Gasteiger partial charge is 0.548 e. The lowest BCUT2D eigenvalue weighted by molar-refractivity contribution is -0.310. The molecule has 4 nitrogen and oxygen atoms in total. The normalized spacial score (nSPS) is 12.6. The molecule has 0 saturated carbocycles. The van der Waals surface area contributed by atoms with Crippen molar-refractivity contribution >= 4 is 17.6 Å². The van der Waals surface area contributed by atoms with E-state index in [4.69, 9.17) is 11.6 Å². The molecule has 0 bridgehead atoms. The Hall–Kier alpha value is -1.81. The molecule has 0 aliphatic carbocycles. The van der Waals surface area contributed by atoms with Crippen LogP contribution in [0.25, 0.3) is 0 Å². The number of carbonyl (C=O) groups is 1. The van der Waals surface area contributed by atoms with Crippen molar-refractivity contribution in [1.29, 1.82) is 0 Å². The average Bonchev–Trinajstić information content (AvgIpc) is 2.78. The van der Waals surface area contributed by atoms with Crippen molar-refractivity contribution in [2.45, 2.75) is 52.5 Å². The number of aliphatic carboxylic acids is 1. The lowest BCUT2D eigenvalue weighted by Crippen LogP contribution is -2.34. The Balaban J connectivity index is 2.49. The van der Waals surface area contributed by atoms with Crippen LogP contribution < -0.4 is 5.11 Å². The van der Waals surface area contributed by atoms with E-state index in [0.29, 0.717) is 17.9 Å². The Kier molecular flexibility index (Phi) is 5.47. The summed E-state index contributed by atoms with van der Waals surface area (Å²) in [5, 5.41) is 16.7. The van der Waals surface area contributed by atoms with Gasteiger partial charge in [-0.15, -0.1) is 0 Å². The fourth-order valence-corrected chi connectivity index (χ4v) is 3.06. The topological polar surface area (TPSA) is 57.9 Å². The van der Waals surface area contributed by atoms with E-state index in [-0.39, 0.29) is 5.92 Å². The molecule has 0 radical (unpaired) electrons. The molecule has 2 aromatic rings. The van der Waals surface area contributed by atoms with Crippen LogP contribution in [0.3, 0.4) is 0 Å². The van der Waals surface area contributed by atoms with Crippen molar-refractivity contribution in [3.63, 3.8) is 0 Å². The predicted octanol–water partition coefficient (Wildman–Crippen LogP) is 3.26. The minimum atomic E-state index is -1.09. The zero-order valence-electron chi connectivity index (χ0n) is 14.0. The first-order valence-electron chi connectivity index (χ1n) is 7.88. The number of nitrogens with zero attached hydrogens (tertiary/aromatic N) is 2. The third-order valence-corrected chi connectivity index (χ3v) is 4.31. The summed E-state index contributed by atoms with van der Waals surface area (Å²) in [7, 11) is 0. The number of carbonyl (C=O) groups excluding carboxylic acids is 1. The maximum atomic E-state index is 11.4. The summed E-state index contributed by atoms with van der Waals surface area (Å²) in [6, 6.07) is 6.97. The molecule has 0 aliphatic heterocycles. The molecule has 5 heteroatoms. The van der Waals surface area contributed by atoms with E-state index in [1.165, 1.54) is 0 Å². The van der Waals surface area contributed by atoms with Crippen molar-refractivity contribution in [3.05, 3.63) is 51.8 Å². The van der Waals surface area contributed by atoms with Gasteiger partial charge in [-0.05, 0) is 37.0 Å². The van der Waals surface area contributed by atoms with Gasteiger partial charge in [0, 0.05) is 22.7 Å². The van der Waals surface area contributed by atoms with Gasteiger partial charge in [0.2, 0.25) is 0 Å². The zero-order valence-corrected chi connectivity index (χ0v) is 14.7. The molecule has 1 atom stereocenters. The fraction of sp³-hybridized carbons (Fsp3) is 0.444. The molecule has 0 amide bonds. The molecule has 1 heterocycles. The van der Waals surface area contributed by atoms with Gasteiger partial charge in [0.25, 0.3) is 0 Å². The van der Waals surface area contributed by atoms with Crippen LogP contribution in [0.4, 0.5) is 0 Å². The van der Waals surface area contributed by atoms with Crippen LogP contribution in [0.15, 0.2) is 24.3 Å². The predicted molar refractivity (Wildman–Crippen MR) is 89.6 cm³/mol. The average molecular weight is 334 g/mol. The maximum Gasteiger partial charge on any atom is 0.0913 e. The molecule has 1 aromatic heterocycles. The smallest absolute Gasteiger partial charge is 0.0913 e. The monoisotopic (exact) mass is 333 g/mol. The van der Waals surface area contributed by atoms with E-state index in [1.807, 2.05) is 38.1 Å². The number of hydrogen-bond donors (Lipinski definition) is 0. The standard InChI is InChI=1S/C18H23ClN2O2/c1-5-16(18(22)23)21-12(4)15(17(20-21)11(2)3)10-13-7-6-8-14(19)9-13/h6-9,11,16H,5,10H2,1-4H3,(H,22,23)/p-1. The summed E-state index contributed by atoms with van der Waals surface area (Å²) in [4.78, 5) is 11.4. The third kappa shape index (κ3) is 3.75. The molecule has 0 N–H and O–H groups in total. The van der Waals surface area contributed by atoms with Crippen molar-refractivity contribution in [1.82, 2.24) is 9.78 Å². The van der Waals surface area contributed by atoms with Gasteiger partial charge in [-0.2, -0.15) is 5.10 Å².